The maximum atomic E-state index is 13.2. The molecule has 3 rings (SSSR count). The zero-order chi connectivity index (χ0) is 22.6. The number of benzene rings is 2. The summed E-state index contributed by atoms with van der Waals surface area (Å²) < 4.78 is 28.0. The minimum atomic E-state index is -3.60. The Labute approximate surface area is 186 Å². The summed E-state index contributed by atoms with van der Waals surface area (Å²) in [5.74, 6) is -0.239. The van der Waals surface area contributed by atoms with Gasteiger partial charge in [-0.05, 0) is 68.9 Å². The highest BCUT2D eigenvalue weighted by Crippen LogP contribution is 2.25. The van der Waals surface area contributed by atoms with E-state index in [9.17, 15) is 13.2 Å². The summed E-state index contributed by atoms with van der Waals surface area (Å²) in [6.45, 7) is 9.07. The van der Waals surface area contributed by atoms with Gasteiger partial charge in [-0.3, -0.25) is 4.79 Å². The molecule has 1 amide bonds. The topological polar surface area (TPSA) is 66.5 Å². The third-order valence-electron chi connectivity index (χ3n) is 6.17. The number of hydrogen-bond donors (Lipinski definition) is 1. The fourth-order valence-electron chi connectivity index (χ4n) is 4.29. The Kier molecular flexibility index (Phi) is 7.55. The van der Waals surface area contributed by atoms with Gasteiger partial charge in [0.2, 0.25) is 10.0 Å². The Bertz CT molecular complexity index is 1040. The van der Waals surface area contributed by atoms with E-state index in [0.717, 1.165) is 48.8 Å². The molecule has 1 N–H and O–H groups in total. The third-order valence-corrected chi connectivity index (χ3v) is 8.07. The van der Waals surface area contributed by atoms with Gasteiger partial charge < -0.3 is 5.32 Å². The molecule has 5 nitrogen and oxygen atoms in total. The highest BCUT2D eigenvalue weighted by atomic mass is 32.2. The monoisotopic (exact) mass is 442 g/mol. The molecule has 0 aromatic heterocycles. The van der Waals surface area contributed by atoms with Crippen molar-refractivity contribution < 1.29 is 13.2 Å². The van der Waals surface area contributed by atoms with E-state index in [1.165, 1.54) is 5.56 Å². The highest BCUT2D eigenvalue weighted by Gasteiger charge is 2.27. The summed E-state index contributed by atoms with van der Waals surface area (Å²) >= 11 is 0. The molecule has 2 aromatic rings. The highest BCUT2D eigenvalue weighted by molar-refractivity contribution is 7.89. The first-order valence-electron chi connectivity index (χ1n) is 11.2. The second kappa shape index (κ2) is 9.96. The average Bonchev–Trinajstić information content (AvgIpc) is 3.02. The molecule has 0 spiro atoms. The molecule has 1 fully saturated rings. The largest absolute Gasteiger partial charge is 0.345 e. The maximum absolute atomic E-state index is 13.2. The fourth-order valence-corrected chi connectivity index (χ4v) is 5.83. The minimum Gasteiger partial charge on any atom is -0.345 e. The predicted octanol–water partition coefficient (Wildman–Crippen LogP) is 5.06. The van der Waals surface area contributed by atoms with Crippen LogP contribution in [0, 0.1) is 20.8 Å². The van der Waals surface area contributed by atoms with E-state index in [1.54, 1.807) is 22.5 Å². The predicted molar refractivity (Wildman–Crippen MR) is 125 cm³/mol. The molecule has 0 saturated carbocycles. The fraction of sp³-hybridized carbons (Fsp3) is 0.480. The molecule has 1 aliphatic rings. The molecule has 1 atom stereocenters. The van der Waals surface area contributed by atoms with Crippen molar-refractivity contribution in [2.24, 2.45) is 0 Å². The zero-order valence-corrected chi connectivity index (χ0v) is 19.9. The number of amides is 1. The second-order valence-electron chi connectivity index (χ2n) is 8.59. The van der Waals surface area contributed by atoms with Crippen LogP contribution >= 0.6 is 0 Å². The lowest BCUT2D eigenvalue weighted by Gasteiger charge is -2.22. The number of hydrogen-bond acceptors (Lipinski definition) is 3. The summed E-state index contributed by atoms with van der Waals surface area (Å²) in [6, 6.07) is 11.0. The molecule has 168 valence electrons. The van der Waals surface area contributed by atoms with E-state index in [-0.39, 0.29) is 16.8 Å². The Morgan fingerprint density at radius 1 is 0.968 bits per heavy atom. The zero-order valence-electron chi connectivity index (χ0n) is 19.1. The van der Waals surface area contributed by atoms with Gasteiger partial charge in [-0.1, -0.05) is 49.6 Å². The van der Waals surface area contributed by atoms with Gasteiger partial charge >= 0.3 is 0 Å². The Hall–Kier alpha value is -2.18. The third kappa shape index (κ3) is 5.36. The summed E-state index contributed by atoms with van der Waals surface area (Å²) in [5, 5.41) is 3.12. The average molecular weight is 443 g/mol. The SMILES string of the molecule is CC[C@@H](NC(=O)c1cc(S(=O)(=O)N2CCCCCC2)ccc1C)c1ccc(C)cc1C. The standard InChI is InChI=1S/C25H34N2O3S/c1-5-24(22-13-10-18(2)16-20(22)4)26-25(28)23-17-21(12-11-19(23)3)31(29,30)27-14-8-6-7-9-15-27/h10-13,16-17,24H,5-9,14-15H2,1-4H3,(H,26,28)/t24-/m1/s1. The molecule has 2 aromatic carbocycles. The van der Waals surface area contributed by atoms with Crippen LogP contribution in [0.1, 0.15) is 77.7 Å². The maximum Gasteiger partial charge on any atom is 0.252 e. The number of carbonyl (C=O) groups excluding carboxylic acids is 1. The molecule has 0 unspecified atom stereocenters. The van der Waals surface area contributed by atoms with Crippen LogP contribution in [-0.2, 0) is 10.0 Å². The number of sulfonamides is 1. The van der Waals surface area contributed by atoms with Crippen LogP contribution < -0.4 is 5.32 Å². The van der Waals surface area contributed by atoms with Crippen LogP contribution in [0.4, 0.5) is 0 Å². The summed E-state index contributed by atoms with van der Waals surface area (Å²) in [6.07, 6.45) is 4.63. The first-order valence-corrected chi connectivity index (χ1v) is 12.7. The van der Waals surface area contributed by atoms with Crippen molar-refractivity contribution in [2.45, 2.75) is 70.7 Å². The lowest BCUT2D eigenvalue weighted by atomic mass is 9.97. The van der Waals surface area contributed by atoms with E-state index >= 15 is 0 Å². The van der Waals surface area contributed by atoms with Crippen LogP contribution in [0.25, 0.3) is 0 Å². The van der Waals surface area contributed by atoms with Crippen LogP contribution in [0.15, 0.2) is 41.3 Å². The van der Waals surface area contributed by atoms with Gasteiger partial charge in [-0.25, -0.2) is 8.42 Å². The molecule has 31 heavy (non-hydrogen) atoms. The number of nitrogens with zero attached hydrogens (tertiary/aromatic N) is 1. The van der Waals surface area contributed by atoms with Crippen molar-refractivity contribution in [3.05, 3.63) is 64.2 Å². The molecular formula is C25H34N2O3S. The number of aryl methyl sites for hydroxylation is 3. The Morgan fingerprint density at radius 2 is 1.65 bits per heavy atom. The lowest BCUT2D eigenvalue weighted by molar-refractivity contribution is 0.0934. The number of nitrogens with one attached hydrogen (secondary N) is 1. The van der Waals surface area contributed by atoms with Crippen molar-refractivity contribution >= 4 is 15.9 Å². The molecule has 6 heteroatoms. The Morgan fingerprint density at radius 3 is 2.26 bits per heavy atom. The first-order chi connectivity index (χ1) is 14.7. The second-order valence-corrected chi connectivity index (χ2v) is 10.5. The molecule has 1 aliphatic heterocycles. The van der Waals surface area contributed by atoms with Gasteiger partial charge in [0, 0.05) is 18.7 Å². The van der Waals surface area contributed by atoms with Gasteiger partial charge in [0.05, 0.1) is 10.9 Å². The van der Waals surface area contributed by atoms with Gasteiger partial charge in [-0.15, -0.1) is 0 Å². The van der Waals surface area contributed by atoms with E-state index in [4.69, 9.17) is 0 Å². The number of carbonyl (C=O) groups is 1. The van der Waals surface area contributed by atoms with Gasteiger partial charge in [0.25, 0.3) is 5.91 Å². The molecule has 1 heterocycles. The summed E-state index contributed by atoms with van der Waals surface area (Å²) in [4.78, 5) is 13.4. The van der Waals surface area contributed by atoms with E-state index in [2.05, 4.69) is 37.4 Å². The molecule has 0 bridgehead atoms. The normalized spacial score (nSPS) is 16.5. The van der Waals surface area contributed by atoms with E-state index in [1.807, 2.05) is 13.8 Å². The van der Waals surface area contributed by atoms with Crippen molar-refractivity contribution in [2.75, 3.05) is 13.1 Å². The van der Waals surface area contributed by atoms with Crippen LogP contribution in [0.3, 0.4) is 0 Å². The van der Waals surface area contributed by atoms with Crippen LogP contribution in [0.5, 0.6) is 0 Å². The van der Waals surface area contributed by atoms with Crippen molar-refractivity contribution in [1.82, 2.24) is 9.62 Å². The Balaban J connectivity index is 1.87. The van der Waals surface area contributed by atoms with E-state index in [0.29, 0.717) is 18.7 Å². The van der Waals surface area contributed by atoms with Crippen LogP contribution in [-0.4, -0.2) is 31.7 Å². The smallest absolute Gasteiger partial charge is 0.252 e. The van der Waals surface area contributed by atoms with Crippen LogP contribution in [0.2, 0.25) is 0 Å². The summed E-state index contributed by atoms with van der Waals surface area (Å²) in [5.41, 5.74) is 4.60. The lowest BCUT2D eigenvalue weighted by Crippen LogP contribution is -2.33. The molecule has 0 radical (unpaired) electrons. The first kappa shape index (κ1) is 23.5. The molecule has 0 aliphatic carbocycles. The van der Waals surface area contributed by atoms with E-state index < -0.39 is 10.0 Å². The molecular weight excluding hydrogens is 408 g/mol. The molecule has 1 saturated heterocycles. The summed E-state index contributed by atoms with van der Waals surface area (Å²) in [7, 11) is -3.60. The minimum absolute atomic E-state index is 0.127. The van der Waals surface area contributed by atoms with Gasteiger partial charge in [0.15, 0.2) is 0 Å². The van der Waals surface area contributed by atoms with Gasteiger partial charge in [-0.2, -0.15) is 4.31 Å². The van der Waals surface area contributed by atoms with Crippen molar-refractivity contribution in [3.8, 4) is 0 Å². The number of rotatable bonds is 6. The van der Waals surface area contributed by atoms with Crippen molar-refractivity contribution in [1.29, 1.82) is 0 Å². The van der Waals surface area contributed by atoms with Gasteiger partial charge in [0.1, 0.15) is 0 Å². The van der Waals surface area contributed by atoms with Crippen molar-refractivity contribution in [3.63, 3.8) is 0 Å². The quantitative estimate of drug-likeness (QED) is 0.680.